The number of ether oxygens (including phenoxy) is 2. The summed E-state index contributed by atoms with van der Waals surface area (Å²) in [6.07, 6.45) is 0.876. The summed E-state index contributed by atoms with van der Waals surface area (Å²) >= 11 is 0. The third kappa shape index (κ3) is 2.71. The summed E-state index contributed by atoms with van der Waals surface area (Å²) in [6, 6.07) is 1.98. The van der Waals surface area contributed by atoms with E-state index in [0.29, 0.717) is 13.2 Å². The molecule has 6 nitrogen and oxygen atoms in total. The maximum atomic E-state index is 11.7. The highest BCUT2D eigenvalue weighted by atomic mass is 16.5. The van der Waals surface area contributed by atoms with Crippen molar-refractivity contribution in [1.29, 1.82) is 0 Å². The van der Waals surface area contributed by atoms with Gasteiger partial charge in [-0.05, 0) is 19.9 Å². The lowest BCUT2D eigenvalue weighted by molar-refractivity contribution is -0.144. The molecule has 0 amide bonds. The van der Waals surface area contributed by atoms with Crippen molar-refractivity contribution in [2.24, 2.45) is 0 Å². The van der Waals surface area contributed by atoms with Gasteiger partial charge >= 0.3 is 5.97 Å². The second kappa shape index (κ2) is 5.54. The summed E-state index contributed by atoms with van der Waals surface area (Å²) in [5, 5.41) is 4.47. The lowest BCUT2D eigenvalue weighted by Crippen LogP contribution is -2.50. The summed E-state index contributed by atoms with van der Waals surface area (Å²) in [5.74, 6) is -0.0863. The molecule has 0 aromatic carbocycles. The van der Waals surface area contributed by atoms with Crippen LogP contribution in [-0.2, 0) is 20.8 Å². The molecule has 2 aliphatic heterocycles. The van der Waals surface area contributed by atoms with Crippen LogP contribution >= 0.6 is 0 Å². The van der Waals surface area contributed by atoms with E-state index in [0.717, 1.165) is 37.4 Å². The monoisotopic (exact) mass is 279 g/mol. The Morgan fingerprint density at radius 3 is 2.90 bits per heavy atom. The Kier molecular flexibility index (Phi) is 3.76. The molecule has 0 bridgehead atoms. The van der Waals surface area contributed by atoms with E-state index in [1.54, 1.807) is 0 Å². The number of aryl methyl sites for hydroxylation is 2. The average molecular weight is 279 g/mol. The lowest BCUT2D eigenvalue weighted by atomic mass is 10.1. The molecule has 0 N–H and O–H groups in total. The van der Waals surface area contributed by atoms with E-state index in [9.17, 15) is 4.79 Å². The molecular weight excluding hydrogens is 258 g/mol. The highest BCUT2D eigenvalue weighted by molar-refractivity contribution is 5.77. The van der Waals surface area contributed by atoms with Gasteiger partial charge in [0.25, 0.3) is 0 Å². The molecular formula is C14H21N3O3. The Balaban J connectivity index is 1.63. The van der Waals surface area contributed by atoms with Crippen molar-refractivity contribution in [3.63, 3.8) is 0 Å². The number of rotatable bonds is 3. The second-order valence-corrected chi connectivity index (χ2v) is 5.57. The first-order valence-corrected chi connectivity index (χ1v) is 7.17. The first-order chi connectivity index (χ1) is 9.63. The van der Waals surface area contributed by atoms with E-state index in [4.69, 9.17) is 9.47 Å². The van der Waals surface area contributed by atoms with E-state index < -0.39 is 0 Å². The van der Waals surface area contributed by atoms with Gasteiger partial charge in [0.15, 0.2) is 0 Å². The Bertz CT molecular complexity index is 500. The molecule has 3 heterocycles. The third-order valence-corrected chi connectivity index (χ3v) is 4.00. The summed E-state index contributed by atoms with van der Waals surface area (Å²) in [4.78, 5) is 13.9. The van der Waals surface area contributed by atoms with Crippen LogP contribution < -0.4 is 0 Å². The minimum atomic E-state index is -0.0863. The largest absolute Gasteiger partial charge is 0.464 e. The number of carbonyl (C=O) groups is 1. The number of carbonyl (C=O) groups excluding carboxylic acids is 1. The SMILES string of the molecule is Cc1cc(C)n(C[C@@H]2CN([C@@H]3CCOC3=O)CCO2)n1. The summed E-state index contributed by atoms with van der Waals surface area (Å²) in [7, 11) is 0. The zero-order chi connectivity index (χ0) is 14.1. The maximum absolute atomic E-state index is 11.7. The van der Waals surface area contributed by atoms with Crippen LogP contribution in [0.4, 0.5) is 0 Å². The normalized spacial score (nSPS) is 27.8. The van der Waals surface area contributed by atoms with E-state index >= 15 is 0 Å². The van der Waals surface area contributed by atoms with Gasteiger partial charge in [-0.15, -0.1) is 0 Å². The molecule has 2 fully saturated rings. The van der Waals surface area contributed by atoms with Gasteiger partial charge in [0.1, 0.15) is 6.04 Å². The van der Waals surface area contributed by atoms with Crippen LogP contribution in [0.15, 0.2) is 6.07 Å². The maximum Gasteiger partial charge on any atom is 0.323 e. The fraction of sp³-hybridized carbons (Fsp3) is 0.714. The van der Waals surface area contributed by atoms with Crippen molar-refractivity contribution < 1.29 is 14.3 Å². The topological polar surface area (TPSA) is 56.6 Å². The standard InChI is InChI=1S/C14H21N3O3/c1-10-7-11(2)17(15-10)9-12-8-16(4-6-19-12)13-3-5-20-14(13)18/h7,12-13H,3-6,8-9H2,1-2H3/t12-,13+/m0/s1. The summed E-state index contributed by atoms with van der Waals surface area (Å²) in [5.41, 5.74) is 2.16. The Morgan fingerprint density at radius 2 is 2.25 bits per heavy atom. The molecule has 3 rings (SSSR count). The summed E-state index contributed by atoms with van der Waals surface area (Å²) in [6.45, 7) is 7.54. The van der Waals surface area contributed by atoms with Gasteiger partial charge < -0.3 is 9.47 Å². The van der Waals surface area contributed by atoms with E-state index in [-0.39, 0.29) is 18.1 Å². The van der Waals surface area contributed by atoms with Gasteiger partial charge in [-0.2, -0.15) is 5.10 Å². The molecule has 2 aliphatic rings. The lowest BCUT2D eigenvalue weighted by Gasteiger charge is -2.35. The number of morpholine rings is 1. The van der Waals surface area contributed by atoms with Crippen molar-refractivity contribution in [2.45, 2.75) is 39.0 Å². The molecule has 0 unspecified atom stereocenters. The van der Waals surface area contributed by atoms with Crippen LogP contribution in [0.3, 0.4) is 0 Å². The smallest absolute Gasteiger partial charge is 0.323 e. The average Bonchev–Trinajstić information content (AvgIpc) is 2.96. The number of hydrogen-bond acceptors (Lipinski definition) is 5. The molecule has 1 aromatic heterocycles. The van der Waals surface area contributed by atoms with Gasteiger partial charge in [0.2, 0.25) is 0 Å². The van der Waals surface area contributed by atoms with Crippen molar-refractivity contribution >= 4 is 5.97 Å². The fourth-order valence-corrected chi connectivity index (χ4v) is 3.01. The van der Waals surface area contributed by atoms with Crippen LogP contribution in [0.5, 0.6) is 0 Å². The molecule has 20 heavy (non-hydrogen) atoms. The third-order valence-electron chi connectivity index (χ3n) is 4.00. The number of aromatic nitrogens is 2. The van der Waals surface area contributed by atoms with Crippen molar-refractivity contribution in [1.82, 2.24) is 14.7 Å². The Morgan fingerprint density at radius 1 is 1.40 bits per heavy atom. The van der Waals surface area contributed by atoms with E-state index in [2.05, 4.69) is 23.0 Å². The predicted molar refractivity (Wildman–Crippen MR) is 72.4 cm³/mol. The molecule has 2 saturated heterocycles. The second-order valence-electron chi connectivity index (χ2n) is 5.57. The molecule has 0 radical (unpaired) electrons. The zero-order valence-corrected chi connectivity index (χ0v) is 12.0. The minimum absolute atomic E-state index is 0.0788. The van der Waals surface area contributed by atoms with Crippen LogP contribution in [0.25, 0.3) is 0 Å². The predicted octanol–water partition coefficient (Wildman–Crippen LogP) is 0.516. The first-order valence-electron chi connectivity index (χ1n) is 7.17. The van der Waals surface area contributed by atoms with Gasteiger partial charge in [-0.1, -0.05) is 0 Å². The number of esters is 1. The first kappa shape index (κ1) is 13.6. The molecule has 110 valence electrons. The molecule has 6 heteroatoms. The van der Waals surface area contributed by atoms with E-state index in [1.807, 2.05) is 11.6 Å². The minimum Gasteiger partial charge on any atom is -0.464 e. The molecule has 0 saturated carbocycles. The Hall–Kier alpha value is -1.40. The quantitative estimate of drug-likeness (QED) is 0.755. The molecule has 0 aliphatic carbocycles. The van der Waals surface area contributed by atoms with Gasteiger partial charge in [-0.3, -0.25) is 14.4 Å². The molecule has 0 spiro atoms. The van der Waals surface area contributed by atoms with Crippen LogP contribution in [0, 0.1) is 13.8 Å². The van der Waals surface area contributed by atoms with Crippen LogP contribution in [0.1, 0.15) is 17.8 Å². The molecule has 1 aromatic rings. The van der Waals surface area contributed by atoms with Crippen molar-refractivity contribution in [3.05, 3.63) is 17.5 Å². The highest BCUT2D eigenvalue weighted by Crippen LogP contribution is 2.18. The molecule has 2 atom stereocenters. The summed E-state index contributed by atoms with van der Waals surface area (Å²) < 4.78 is 12.9. The van der Waals surface area contributed by atoms with Gasteiger partial charge in [0, 0.05) is 25.2 Å². The van der Waals surface area contributed by atoms with Gasteiger partial charge in [-0.25, -0.2) is 0 Å². The van der Waals surface area contributed by atoms with Crippen molar-refractivity contribution in [3.8, 4) is 0 Å². The van der Waals surface area contributed by atoms with E-state index in [1.165, 1.54) is 0 Å². The Labute approximate surface area is 118 Å². The number of cyclic esters (lactones) is 1. The van der Waals surface area contributed by atoms with Crippen LogP contribution in [0.2, 0.25) is 0 Å². The van der Waals surface area contributed by atoms with Crippen LogP contribution in [-0.4, -0.2) is 59.1 Å². The fourth-order valence-electron chi connectivity index (χ4n) is 3.01. The van der Waals surface area contributed by atoms with Gasteiger partial charge in [0.05, 0.1) is 31.6 Å². The zero-order valence-electron chi connectivity index (χ0n) is 12.0. The highest BCUT2D eigenvalue weighted by Gasteiger charge is 2.35. The van der Waals surface area contributed by atoms with Crippen molar-refractivity contribution in [2.75, 3.05) is 26.3 Å². The number of hydrogen-bond donors (Lipinski definition) is 0. The number of nitrogens with zero attached hydrogens (tertiary/aromatic N) is 3.